The summed E-state index contributed by atoms with van der Waals surface area (Å²) in [7, 11) is 0. The van der Waals surface area contributed by atoms with Crippen LogP contribution in [0.25, 0.3) is 0 Å². The molecule has 2 saturated carbocycles. The lowest BCUT2D eigenvalue weighted by atomic mass is 9.67. The SMILES string of the molecule is CC(NC(=O)NCC1(CCO)CCC1)C1CCC1. The third kappa shape index (κ3) is 3.16. The smallest absolute Gasteiger partial charge is 0.315 e. The maximum Gasteiger partial charge on any atom is 0.315 e. The minimum absolute atomic E-state index is 0.0429. The molecule has 2 aliphatic rings. The summed E-state index contributed by atoms with van der Waals surface area (Å²) in [4.78, 5) is 11.8. The van der Waals surface area contributed by atoms with Gasteiger partial charge in [-0.05, 0) is 50.4 Å². The van der Waals surface area contributed by atoms with E-state index in [1.54, 1.807) is 0 Å². The molecule has 0 aromatic heterocycles. The van der Waals surface area contributed by atoms with Gasteiger partial charge in [0, 0.05) is 19.2 Å². The molecule has 0 aromatic carbocycles. The van der Waals surface area contributed by atoms with Crippen LogP contribution in [-0.4, -0.2) is 30.3 Å². The number of aliphatic hydroxyl groups is 1. The van der Waals surface area contributed by atoms with E-state index in [0.717, 1.165) is 19.3 Å². The van der Waals surface area contributed by atoms with Gasteiger partial charge in [0.15, 0.2) is 0 Å². The van der Waals surface area contributed by atoms with Crippen LogP contribution >= 0.6 is 0 Å². The number of hydrogen-bond donors (Lipinski definition) is 3. The molecule has 2 aliphatic carbocycles. The summed E-state index contributed by atoms with van der Waals surface area (Å²) in [6, 6.07) is 0.243. The van der Waals surface area contributed by atoms with Gasteiger partial charge in [0.2, 0.25) is 0 Å². The zero-order valence-corrected chi connectivity index (χ0v) is 11.4. The molecule has 0 saturated heterocycles. The van der Waals surface area contributed by atoms with Gasteiger partial charge in [-0.1, -0.05) is 12.8 Å². The minimum Gasteiger partial charge on any atom is -0.396 e. The van der Waals surface area contributed by atoms with E-state index >= 15 is 0 Å². The van der Waals surface area contributed by atoms with Gasteiger partial charge in [0.25, 0.3) is 0 Å². The fraction of sp³-hybridized carbons (Fsp3) is 0.929. The molecule has 1 atom stereocenters. The number of carbonyl (C=O) groups is 1. The predicted octanol–water partition coefficient (Wildman–Crippen LogP) is 2.03. The van der Waals surface area contributed by atoms with Crippen LogP contribution < -0.4 is 10.6 Å². The number of hydrogen-bond acceptors (Lipinski definition) is 2. The zero-order valence-electron chi connectivity index (χ0n) is 11.4. The van der Waals surface area contributed by atoms with Gasteiger partial charge in [0.1, 0.15) is 0 Å². The molecule has 0 aromatic rings. The fourth-order valence-electron chi connectivity index (χ4n) is 3.01. The number of aliphatic hydroxyl groups excluding tert-OH is 1. The lowest BCUT2D eigenvalue weighted by Gasteiger charge is -2.42. The van der Waals surface area contributed by atoms with Crippen molar-refractivity contribution in [1.82, 2.24) is 10.6 Å². The van der Waals surface area contributed by atoms with Crippen molar-refractivity contribution in [2.45, 2.75) is 57.9 Å². The van der Waals surface area contributed by atoms with E-state index in [0.29, 0.717) is 12.5 Å². The summed E-state index contributed by atoms with van der Waals surface area (Å²) in [5, 5.41) is 15.1. The summed E-state index contributed by atoms with van der Waals surface area (Å²) >= 11 is 0. The quantitative estimate of drug-likeness (QED) is 0.679. The third-order valence-electron chi connectivity index (χ3n) is 4.90. The molecule has 0 bridgehead atoms. The largest absolute Gasteiger partial charge is 0.396 e. The van der Waals surface area contributed by atoms with Crippen LogP contribution in [0.1, 0.15) is 51.9 Å². The number of urea groups is 1. The van der Waals surface area contributed by atoms with Crippen LogP contribution in [0, 0.1) is 11.3 Å². The fourth-order valence-corrected chi connectivity index (χ4v) is 3.01. The number of rotatable bonds is 6. The van der Waals surface area contributed by atoms with Gasteiger partial charge in [0.05, 0.1) is 0 Å². The second kappa shape index (κ2) is 5.91. The first-order chi connectivity index (χ1) is 8.65. The Morgan fingerprint density at radius 3 is 2.56 bits per heavy atom. The van der Waals surface area contributed by atoms with Crippen molar-refractivity contribution < 1.29 is 9.90 Å². The van der Waals surface area contributed by atoms with Crippen molar-refractivity contribution in [1.29, 1.82) is 0 Å². The van der Waals surface area contributed by atoms with E-state index in [1.807, 2.05) is 0 Å². The van der Waals surface area contributed by atoms with Crippen molar-refractivity contribution in [2.75, 3.05) is 13.2 Å². The van der Waals surface area contributed by atoms with E-state index in [2.05, 4.69) is 17.6 Å². The van der Waals surface area contributed by atoms with Crippen molar-refractivity contribution >= 4 is 6.03 Å². The van der Waals surface area contributed by atoms with Gasteiger partial charge >= 0.3 is 6.03 Å². The molecule has 18 heavy (non-hydrogen) atoms. The second-order valence-corrected chi connectivity index (χ2v) is 6.13. The Morgan fingerprint density at radius 2 is 2.11 bits per heavy atom. The third-order valence-corrected chi connectivity index (χ3v) is 4.90. The second-order valence-electron chi connectivity index (χ2n) is 6.13. The Labute approximate surface area is 110 Å². The highest BCUT2D eigenvalue weighted by Crippen LogP contribution is 2.43. The lowest BCUT2D eigenvalue weighted by Crippen LogP contribution is -2.50. The molecule has 4 nitrogen and oxygen atoms in total. The van der Waals surface area contributed by atoms with Gasteiger partial charge in [-0.2, -0.15) is 0 Å². The van der Waals surface area contributed by atoms with Crippen LogP contribution in [0.2, 0.25) is 0 Å². The first-order valence-electron chi connectivity index (χ1n) is 7.30. The van der Waals surface area contributed by atoms with Gasteiger partial charge in [-0.25, -0.2) is 4.79 Å². The van der Waals surface area contributed by atoms with Crippen molar-refractivity contribution in [2.24, 2.45) is 11.3 Å². The van der Waals surface area contributed by atoms with Crippen LogP contribution in [0.5, 0.6) is 0 Å². The summed E-state index contributed by atoms with van der Waals surface area (Å²) in [5.74, 6) is 0.672. The van der Waals surface area contributed by atoms with Gasteiger partial charge in [-0.3, -0.25) is 0 Å². The predicted molar refractivity (Wildman–Crippen MR) is 71.3 cm³/mol. The molecular formula is C14H26N2O2. The molecule has 1 unspecified atom stereocenters. The van der Waals surface area contributed by atoms with E-state index < -0.39 is 0 Å². The van der Waals surface area contributed by atoms with Crippen LogP contribution in [0.3, 0.4) is 0 Å². The first kappa shape index (κ1) is 13.7. The van der Waals surface area contributed by atoms with E-state index in [1.165, 1.54) is 25.7 Å². The number of carbonyl (C=O) groups excluding carboxylic acids is 1. The molecule has 0 spiro atoms. The normalized spacial score (nSPS) is 23.7. The standard InChI is InChI=1S/C14H26N2O2/c1-11(12-4-2-5-12)16-13(18)15-10-14(8-9-17)6-3-7-14/h11-12,17H,2-10H2,1H3,(H2,15,16,18). The summed E-state index contributed by atoms with van der Waals surface area (Å²) in [5.41, 5.74) is 0.172. The zero-order chi connectivity index (χ0) is 13.0. The van der Waals surface area contributed by atoms with Crippen LogP contribution in [0.15, 0.2) is 0 Å². The van der Waals surface area contributed by atoms with Crippen molar-refractivity contribution in [3.63, 3.8) is 0 Å². The van der Waals surface area contributed by atoms with Crippen LogP contribution in [0.4, 0.5) is 4.79 Å². The lowest BCUT2D eigenvalue weighted by molar-refractivity contribution is 0.0880. The maximum atomic E-state index is 11.8. The van der Waals surface area contributed by atoms with E-state index in [-0.39, 0.29) is 24.1 Å². The van der Waals surface area contributed by atoms with Crippen molar-refractivity contribution in [3.05, 3.63) is 0 Å². The highest BCUT2D eigenvalue weighted by Gasteiger charge is 2.36. The van der Waals surface area contributed by atoms with E-state index in [4.69, 9.17) is 5.11 Å². The number of nitrogens with one attached hydrogen (secondary N) is 2. The Balaban J connectivity index is 1.67. The molecule has 4 heteroatoms. The Morgan fingerprint density at radius 1 is 1.39 bits per heavy atom. The average Bonchev–Trinajstić information content (AvgIpc) is 2.19. The maximum absolute atomic E-state index is 11.8. The first-order valence-corrected chi connectivity index (χ1v) is 7.30. The van der Waals surface area contributed by atoms with E-state index in [9.17, 15) is 4.79 Å². The Kier molecular flexibility index (Phi) is 4.49. The average molecular weight is 254 g/mol. The van der Waals surface area contributed by atoms with Gasteiger partial charge in [-0.15, -0.1) is 0 Å². The molecule has 0 aliphatic heterocycles. The molecule has 104 valence electrons. The van der Waals surface area contributed by atoms with Gasteiger partial charge < -0.3 is 15.7 Å². The highest BCUT2D eigenvalue weighted by molar-refractivity contribution is 5.74. The molecule has 2 amide bonds. The summed E-state index contributed by atoms with van der Waals surface area (Å²) < 4.78 is 0. The summed E-state index contributed by atoms with van der Waals surface area (Å²) in [6.45, 7) is 3.02. The number of amides is 2. The molecule has 0 heterocycles. The van der Waals surface area contributed by atoms with Crippen LogP contribution in [-0.2, 0) is 0 Å². The summed E-state index contributed by atoms with van der Waals surface area (Å²) in [6.07, 6.45) is 8.09. The topological polar surface area (TPSA) is 61.4 Å². The molecule has 2 fully saturated rings. The minimum atomic E-state index is -0.0429. The molecular weight excluding hydrogens is 228 g/mol. The molecule has 2 rings (SSSR count). The highest BCUT2D eigenvalue weighted by atomic mass is 16.3. The van der Waals surface area contributed by atoms with Crippen molar-refractivity contribution in [3.8, 4) is 0 Å². The Bertz CT molecular complexity index is 286. The monoisotopic (exact) mass is 254 g/mol. The molecule has 3 N–H and O–H groups in total. The molecule has 0 radical (unpaired) electrons. The Hall–Kier alpha value is -0.770.